The number of nitrogens with zero attached hydrogens (tertiary/aromatic N) is 4. The van der Waals surface area contributed by atoms with E-state index in [1.165, 1.54) is 12.0 Å². The fraction of sp³-hybridized carbons (Fsp3) is 0.500. The fourth-order valence-electron chi connectivity index (χ4n) is 3.12. The molecule has 2 aliphatic heterocycles. The maximum absolute atomic E-state index is 12.8. The van der Waals surface area contributed by atoms with Crippen LogP contribution in [0.15, 0.2) is 24.5 Å². The summed E-state index contributed by atoms with van der Waals surface area (Å²) in [5.41, 5.74) is 0.683. The molecule has 3 rings (SSSR count). The summed E-state index contributed by atoms with van der Waals surface area (Å²) >= 11 is 0. The van der Waals surface area contributed by atoms with Gasteiger partial charge in [-0.05, 0) is 25.0 Å². The lowest BCUT2D eigenvalue weighted by molar-refractivity contribution is -0.134. The maximum atomic E-state index is 12.8. The Hall–Kier alpha value is -2.48. The number of amides is 4. The Morgan fingerprint density at radius 3 is 2.88 bits per heavy atom. The van der Waals surface area contributed by atoms with E-state index in [0.29, 0.717) is 31.8 Å². The molecule has 3 heterocycles. The van der Waals surface area contributed by atoms with Gasteiger partial charge in [-0.15, -0.1) is 0 Å². The van der Waals surface area contributed by atoms with E-state index >= 15 is 0 Å². The number of aromatic nitrogens is 1. The number of rotatable bonds is 5. The van der Waals surface area contributed by atoms with Crippen molar-refractivity contribution >= 4 is 23.5 Å². The van der Waals surface area contributed by atoms with Crippen LogP contribution in [0.4, 0.5) is 10.5 Å². The predicted octanol–water partition coefficient (Wildman–Crippen LogP) is 0.488. The third kappa shape index (κ3) is 2.96. The minimum atomic E-state index is -0.744. The topological polar surface area (TPSA) is 83.1 Å². The second kappa shape index (κ2) is 6.96. The quantitative estimate of drug-likeness (QED) is 0.733. The second-order valence-electron chi connectivity index (χ2n) is 5.82. The van der Waals surface area contributed by atoms with Gasteiger partial charge in [0, 0.05) is 26.4 Å². The number of imide groups is 1. The van der Waals surface area contributed by atoms with Crippen LogP contribution in [0.3, 0.4) is 0 Å². The number of pyridine rings is 1. The minimum absolute atomic E-state index is 0.00113. The van der Waals surface area contributed by atoms with Crippen LogP contribution in [-0.2, 0) is 14.3 Å². The number of carbonyl (C=O) groups is 3. The number of methoxy groups -OCH3 is 1. The Kier molecular flexibility index (Phi) is 4.75. The summed E-state index contributed by atoms with van der Waals surface area (Å²) in [6.07, 6.45) is 4.46. The van der Waals surface area contributed by atoms with Gasteiger partial charge in [-0.1, -0.05) is 0 Å². The van der Waals surface area contributed by atoms with E-state index in [-0.39, 0.29) is 18.4 Å². The van der Waals surface area contributed by atoms with E-state index in [2.05, 4.69) is 4.98 Å². The molecule has 2 fully saturated rings. The minimum Gasteiger partial charge on any atom is -0.383 e. The molecule has 0 aliphatic carbocycles. The lowest BCUT2D eigenvalue weighted by Gasteiger charge is -2.35. The van der Waals surface area contributed by atoms with Crippen molar-refractivity contribution < 1.29 is 19.1 Å². The van der Waals surface area contributed by atoms with Gasteiger partial charge in [0.2, 0.25) is 5.91 Å². The summed E-state index contributed by atoms with van der Waals surface area (Å²) in [5.74, 6) is -0.563. The molecule has 1 aromatic heterocycles. The van der Waals surface area contributed by atoms with Gasteiger partial charge in [0.15, 0.2) is 0 Å². The molecule has 0 bridgehead atoms. The van der Waals surface area contributed by atoms with Gasteiger partial charge >= 0.3 is 6.03 Å². The SMILES string of the molecule is COCCN1CC(=O)N(C2CCCN(c3cccnc3)C2=O)C1=O. The average molecular weight is 332 g/mol. The molecular formula is C16H20N4O4. The molecule has 2 saturated heterocycles. The molecule has 0 N–H and O–H groups in total. The molecule has 0 spiro atoms. The normalized spacial score (nSPS) is 21.8. The highest BCUT2D eigenvalue weighted by atomic mass is 16.5. The molecule has 8 heteroatoms. The molecule has 8 nitrogen and oxygen atoms in total. The van der Waals surface area contributed by atoms with E-state index in [4.69, 9.17) is 4.74 Å². The van der Waals surface area contributed by atoms with Gasteiger partial charge in [0.05, 0.1) is 18.5 Å². The van der Waals surface area contributed by atoms with E-state index in [1.54, 1.807) is 29.4 Å². The van der Waals surface area contributed by atoms with E-state index in [1.807, 2.05) is 0 Å². The molecule has 0 saturated carbocycles. The van der Waals surface area contributed by atoms with Crippen LogP contribution in [0.25, 0.3) is 0 Å². The molecule has 0 aromatic carbocycles. The van der Waals surface area contributed by atoms with Crippen LogP contribution in [0.2, 0.25) is 0 Å². The average Bonchev–Trinajstić information content (AvgIpc) is 2.88. The monoisotopic (exact) mass is 332 g/mol. The summed E-state index contributed by atoms with van der Waals surface area (Å²) in [4.78, 5) is 45.8. The molecular weight excluding hydrogens is 312 g/mol. The highest BCUT2D eigenvalue weighted by Crippen LogP contribution is 2.26. The number of hydrogen-bond acceptors (Lipinski definition) is 5. The Morgan fingerprint density at radius 1 is 1.33 bits per heavy atom. The van der Waals surface area contributed by atoms with Crippen LogP contribution >= 0.6 is 0 Å². The van der Waals surface area contributed by atoms with Gasteiger partial charge in [0.1, 0.15) is 12.6 Å². The lowest BCUT2D eigenvalue weighted by atomic mass is 10.0. The van der Waals surface area contributed by atoms with Gasteiger partial charge in [-0.25, -0.2) is 9.69 Å². The van der Waals surface area contributed by atoms with Gasteiger partial charge in [-0.3, -0.25) is 14.6 Å². The van der Waals surface area contributed by atoms with Crippen LogP contribution in [-0.4, -0.2) is 72.0 Å². The maximum Gasteiger partial charge on any atom is 0.328 e. The summed E-state index contributed by atoms with van der Waals surface area (Å²) in [6, 6.07) is 2.39. The summed E-state index contributed by atoms with van der Waals surface area (Å²) in [5, 5.41) is 0. The molecule has 2 aliphatic rings. The van der Waals surface area contributed by atoms with Crippen LogP contribution < -0.4 is 4.90 Å². The van der Waals surface area contributed by atoms with Crippen LogP contribution in [0.5, 0.6) is 0 Å². The van der Waals surface area contributed by atoms with Crippen LogP contribution in [0.1, 0.15) is 12.8 Å². The Labute approximate surface area is 140 Å². The van der Waals surface area contributed by atoms with E-state index in [0.717, 1.165) is 11.3 Å². The number of ether oxygens (including phenoxy) is 1. The van der Waals surface area contributed by atoms with Gasteiger partial charge in [0.25, 0.3) is 5.91 Å². The standard InChI is InChI=1S/C16H20N4O4/c1-24-9-8-18-11-14(21)20(16(18)23)13-5-3-7-19(15(13)22)12-4-2-6-17-10-12/h2,4,6,10,13H,3,5,7-9,11H2,1H3. The molecule has 1 aromatic rings. The highest BCUT2D eigenvalue weighted by molar-refractivity contribution is 6.08. The largest absolute Gasteiger partial charge is 0.383 e. The Bertz CT molecular complexity index is 636. The molecule has 1 unspecified atom stereocenters. The molecule has 4 amide bonds. The number of anilines is 1. The smallest absolute Gasteiger partial charge is 0.328 e. The molecule has 1 atom stereocenters. The van der Waals surface area contributed by atoms with Crippen molar-refractivity contribution in [1.82, 2.24) is 14.8 Å². The van der Waals surface area contributed by atoms with Gasteiger partial charge in [-0.2, -0.15) is 0 Å². The van der Waals surface area contributed by atoms with Crippen molar-refractivity contribution in [3.05, 3.63) is 24.5 Å². The molecule has 24 heavy (non-hydrogen) atoms. The number of urea groups is 1. The Morgan fingerprint density at radius 2 is 2.17 bits per heavy atom. The fourth-order valence-corrected chi connectivity index (χ4v) is 3.12. The number of piperidine rings is 1. The third-order valence-electron chi connectivity index (χ3n) is 4.32. The molecule has 128 valence electrons. The zero-order valence-electron chi connectivity index (χ0n) is 13.6. The molecule has 0 radical (unpaired) electrons. The summed E-state index contributed by atoms with van der Waals surface area (Å²) in [7, 11) is 1.54. The van der Waals surface area contributed by atoms with Crippen LogP contribution in [0, 0.1) is 0 Å². The van der Waals surface area contributed by atoms with E-state index in [9.17, 15) is 14.4 Å². The van der Waals surface area contributed by atoms with Crippen molar-refractivity contribution in [2.24, 2.45) is 0 Å². The van der Waals surface area contributed by atoms with Crippen molar-refractivity contribution in [1.29, 1.82) is 0 Å². The third-order valence-corrected chi connectivity index (χ3v) is 4.32. The lowest BCUT2D eigenvalue weighted by Crippen LogP contribution is -2.54. The highest BCUT2D eigenvalue weighted by Gasteiger charge is 2.45. The summed E-state index contributed by atoms with van der Waals surface area (Å²) < 4.78 is 4.96. The summed E-state index contributed by atoms with van der Waals surface area (Å²) in [6.45, 7) is 1.25. The second-order valence-corrected chi connectivity index (χ2v) is 5.82. The zero-order valence-corrected chi connectivity index (χ0v) is 13.6. The first-order valence-corrected chi connectivity index (χ1v) is 7.95. The van der Waals surface area contributed by atoms with E-state index < -0.39 is 12.1 Å². The van der Waals surface area contributed by atoms with Crippen molar-refractivity contribution in [2.75, 3.05) is 38.3 Å². The predicted molar refractivity (Wildman–Crippen MR) is 85.3 cm³/mol. The first kappa shape index (κ1) is 16.4. The number of carbonyl (C=O) groups excluding carboxylic acids is 3. The van der Waals surface area contributed by atoms with Crippen molar-refractivity contribution in [3.63, 3.8) is 0 Å². The first-order valence-electron chi connectivity index (χ1n) is 7.95. The first-order chi connectivity index (χ1) is 11.6. The van der Waals surface area contributed by atoms with Gasteiger partial charge < -0.3 is 14.5 Å². The van der Waals surface area contributed by atoms with Crippen molar-refractivity contribution in [2.45, 2.75) is 18.9 Å². The Balaban J connectivity index is 1.77. The number of hydrogen-bond donors (Lipinski definition) is 0. The van der Waals surface area contributed by atoms with Crippen molar-refractivity contribution in [3.8, 4) is 0 Å². The zero-order chi connectivity index (χ0) is 17.1.